The third-order valence-corrected chi connectivity index (χ3v) is 4.84. The van der Waals surface area contributed by atoms with Crippen LogP contribution in [0.3, 0.4) is 0 Å². The van der Waals surface area contributed by atoms with Gasteiger partial charge in [0.15, 0.2) is 0 Å². The van der Waals surface area contributed by atoms with Crippen molar-refractivity contribution in [1.82, 2.24) is 9.88 Å². The third-order valence-electron chi connectivity index (χ3n) is 4.84. The number of H-pyrrole nitrogens is 1. The number of ether oxygens (including phenoxy) is 2. The highest BCUT2D eigenvalue weighted by atomic mass is 16.5. The van der Waals surface area contributed by atoms with Gasteiger partial charge in [-0.3, -0.25) is 9.59 Å². The van der Waals surface area contributed by atoms with Crippen molar-refractivity contribution in [3.8, 4) is 0 Å². The van der Waals surface area contributed by atoms with Crippen LogP contribution in [0, 0.1) is 0 Å². The molecule has 4 rings (SSSR count). The van der Waals surface area contributed by atoms with Crippen LogP contribution >= 0.6 is 0 Å². The molecule has 1 aliphatic rings. The second kappa shape index (κ2) is 8.28. The zero-order valence-electron chi connectivity index (χ0n) is 15.7. The lowest BCUT2D eigenvalue weighted by molar-refractivity contribution is -0.145. The number of nitrogens with zero attached hydrogens (tertiary/aromatic N) is 1. The standard InChI is InChI=1S/C22H20N2O5/c25-19-14-17(16-8-4-5-9-18(16)23-19)22(27)29-20(15-6-2-1-3-7-15)21(26)24-10-12-28-13-11-24/h1-9,14,20H,10-13H2,(H,23,25)/t20-/m0/s1. The van der Waals surface area contributed by atoms with E-state index in [9.17, 15) is 14.4 Å². The summed E-state index contributed by atoms with van der Waals surface area (Å²) < 4.78 is 11.0. The summed E-state index contributed by atoms with van der Waals surface area (Å²) in [6.45, 7) is 1.76. The number of carbonyl (C=O) groups is 2. The Balaban J connectivity index is 1.68. The van der Waals surface area contributed by atoms with E-state index in [-0.39, 0.29) is 11.5 Å². The number of morpholine rings is 1. The van der Waals surface area contributed by atoms with Crippen molar-refractivity contribution in [3.63, 3.8) is 0 Å². The molecule has 2 heterocycles. The second-order valence-electron chi connectivity index (χ2n) is 6.73. The molecule has 148 valence electrons. The summed E-state index contributed by atoms with van der Waals surface area (Å²) in [5.41, 5.74) is 0.820. The van der Waals surface area contributed by atoms with Crippen molar-refractivity contribution in [2.75, 3.05) is 26.3 Å². The van der Waals surface area contributed by atoms with E-state index in [1.165, 1.54) is 6.07 Å². The van der Waals surface area contributed by atoms with Crippen LogP contribution in [0.5, 0.6) is 0 Å². The van der Waals surface area contributed by atoms with Crippen molar-refractivity contribution in [2.24, 2.45) is 0 Å². The number of nitrogens with one attached hydrogen (secondary N) is 1. The Labute approximate surface area is 166 Å². The van der Waals surface area contributed by atoms with Gasteiger partial charge in [-0.15, -0.1) is 0 Å². The van der Waals surface area contributed by atoms with Crippen molar-refractivity contribution in [3.05, 3.63) is 82.1 Å². The number of amides is 1. The van der Waals surface area contributed by atoms with E-state index in [1.807, 2.05) is 6.07 Å². The number of benzene rings is 2. The highest BCUT2D eigenvalue weighted by Gasteiger charge is 2.31. The molecule has 0 radical (unpaired) electrons. The fourth-order valence-electron chi connectivity index (χ4n) is 3.38. The molecule has 1 fully saturated rings. The molecular formula is C22H20N2O5. The monoisotopic (exact) mass is 392 g/mol. The maximum atomic E-state index is 13.1. The van der Waals surface area contributed by atoms with Crippen molar-refractivity contribution >= 4 is 22.8 Å². The molecule has 3 aromatic rings. The fraction of sp³-hybridized carbons (Fsp3) is 0.227. The van der Waals surface area contributed by atoms with Gasteiger partial charge in [-0.1, -0.05) is 48.5 Å². The number of aromatic nitrogens is 1. The van der Waals surface area contributed by atoms with Gasteiger partial charge in [-0.05, 0) is 6.07 Å². The third kappa shape index (κ3) is 4.05. The quantitative estimate of drug-likeness (QED) is 0.688. The molecule has 1 atom stereocenters. The topological polar surface area (TPSA) is 88.7 Å². The van der Waals surface area contributed by atoms with Gasteiger partial charge in [0, 0.05) is 35.6 Å². The van der Waals surface area contributed by atoms with Gasteiger partial charge in [-0.2, -0.15) is 0 Å². The zero-order valence-corrected chi connectivity index (χ0v) is 15.7. The number of para-hydroxylation sites is 1. The predicted octanol–water partition coefficient (Wildman–Crippen LogP) is 2.29. The maximum absolute atomic E-state index is 13.1. The smallest absolute Gasteiger partial charge is 0.340 e. The van der Waals surface area contributed by atoms with Crippen molar-refractivity contribution < 1.29 is 19.1 Å². The van der Waals surface area contributed by atoms with E-state index in [0.29, 0.717) is 42.8 Å². The Hall–Kier alpha value is -3.45. The van der Waals surface area contributed by atoms with Gasteiger partial charge in [0.05, 0.1) is 18.8 Å². The molecule has 1 aliphatic heterocycles. The molecule has 1 amide bonds. The van der Waals surface area contributed by atoms with Crippen LogP contribution in [0.15, 0.2) is 65.5 Å². The molecule has 7 nitrogen and oxygen atoms in total. The van der Waals surface area contributed by atoms with E-state index in [2.05, 4.69) is 4.98 Å². The lowest BCUT2D eigenvalue weighted by Crippen LogP contribution is -2.44. The summed E-state index contributed by atoms with van der Waals surface area (Å²) in [7, 11) is 0. The minimum atomic E-state index is -1.10. The van der Waals surface area contributed by atoms with Crippen LogP contribution in [0.4, 0.5) is 0 Å². The molecule has 29 heavy (non-hydrogen) atoms. The van der Waals surface area contributed by atoms with Crippen LogP contribution in [0.1, 0.15) is 22.0 Å². The summed E-state index contributed by atoms with van der Waals surface area (Å²) in [6, 6.07) is 17.0. The normalized spacial score (nSPS) is 15.1. The van der Waals surface area contributed by atoms with E-state index in [1.54, 1.807) is 53.4 Å². The van der Waals surface area contributed by atoms with Gasteiger partial charge in [0.25, 0.3) is 5.91 Å². The molecule has 0 bridgehead atoms. The molecule has 0 unspecified atom stereocenters. The summed E-state index contributed by atoms with van der Waals surface area (Å²) in [4.78, 5) is 42.4. The molecule has 1 saturated heterocycles. The second-order valence-corrected chi connectivity index (χ2v) is 6.73. The Kier molecular flexibility index (Phi) is 5.39. The molecule has 2 aromatic carbocycles. The van der Waals surface area contributed by atoms with Gasteiger partial charge in [-0.25, -0.2) is 4.79 Å². The van der Waals surface area contributed by atoms with Crippen LogP contribution in [0.25, 0.3) is 10.9 Å². The van der Waals surface area contributed by atoms with E-state index in [4.69, 9.17) is 9.47 Å². The van der Waals surface area contributed by atoms with Crippen molar-refractivity contribution in [2.45, 2.75) is 6.10 Å². The summed E-state index contributed by atoms with van der Waals surface area (Å²) >= 11 is 0. The fourth-order valence-corrected chi connectivity index (χ4v) is 3.38. The van der Waals surface area contributed by atoms with Crippen LogP contribution in [-0.4, -0.2) is 48.1 Å². The first-order chi connectivity index (χ1) is 14.1. The predicted molar refractivity (Wildman–Crippen MR) is 107 cm³/mol. The van der Waals surface area contributed by atoms with Gasteiger partial charge in [0.1, 0.15) is 0 Å². The summed E-state index contributed by atoms with van der Waals surface area (Å²) in [5, 5.41) is 0.558. The summed E-state index contributed by atoms with van der Waals surface area (Å²) in [6.07, 6.45) is -1.10. The molecule has 7 heteroatoms. The van der Waals surface area contributed by atoms with Gasteiger partial charge >= 0.3 is 5.97 Å². The van der Waals surface area contributed by atoms with Gasteiger partial charge < -0.3 is 19.4 Å². The number of hydrogen-bond acceptors (Lipinski definition) is 5. The van der Waals surface area contributed by atoms with Crippen LogP contribution in [-0.2, 0) is 14.3 Å². The first-order valence-corrected chi connectivity index (χ1v) is 9.38. The Morgan fingerprint density at radius 3 is 2.45 bits per heavy atom. The Morgan fingerprint density at radius 1 is 1.00 bits per heavy atom. The number of hydrogen-bond donors (Lipinski definition) is 1. The first-order valence-electron chi connectivity index (χ1n) is 9.38. The maximum Gasteiger partial charge on any atom is 0.340 e. The van der Waals surface area contributed by atoms with Crippen molar-refractivity contribution in [1.29, 1.82) is 0 Å². The largest absolute Gasteiger partial charge is 0.444 e. The number of fused-ring (bicyclic) bond motifs is 1. The molecular weight excluding hydrogens is 372 g/mol. The van der Waals surface area contributed by atoms with E-state index < -0.39 is 17.6 Å². The number of carbonyl (C=O) groups excluding carboxylic acids is 2. The average Bonchev–Trinajstić information content (AvgIpc) is 2.77. The first kappa shape index (κ1) is 18.9. The summed E-state index contributed by atoms with van der Waals surface area (Å²) in [5.74, 6) is -1.02. The van der Waals surface area contributed by atoms with E-state index in [0.717, 1.165) is 0 Å². The highest BCUT2D eigenvalue weighted by Crippen LogP contribution is 2.24. The van der Waals surface area contributed by atoms with Crippen LogP contribution < -0.4 is 5.56 Å². The number of pyridine rings is 1. The zero-order chi connectivity index (χ0) is 20.2. The lowest BCUT2D eigenvalue weighted by atomic mass is 10.1. The molecule has 1 aromatic heterocycles. The SMILES string of the molecule is O=C(O[C@H](C(=O)N1CCOCC1)c1ccccc1)c1cc(=O)[nH]c2ccccc12. The average molecular weight is 392 g/mol. The Bertz CT molecular complexity index is 1090. The van der Waals surface area contributed by atoms with Crippen LogP contribution in [0.2, 0.25) is 0 Å². The number of esters is 1. The molecule has 0 aliphatic carbocycles. The highest BCUT2D eigenvalue weighted by molar-refractivity contribution is 6.04. The number of aromatic amines is 1. The van der Waals surface area contributed by atoms with E-state index >= 15 is 0 Å². The Morgan fingerprint density at radius 2 is 1.69 bits per heavy atom. The molecule has 0 spiro atoms. The lowest BCUT2D eigenvalue weighted by Gasteiger charge is -2.30. The van der Waals surface area contributed by atoms with Gasteiger partial charge in [0.2, 0.25) is 11.7 Å². The minimum absolute atomic E-state index is 0.125. The molecule has 1 N–H and O–H groups in total. The minimum Gasteiger partial charge on any atom is -0.444 e. The molecule has 0 saturated carbocycles. The number of rotatable bonds is 4.